The Balaban J connectivity index is 2.43. The maximum atomic E-state index is 13.7. The molecule has 30 heavy (non-hydrogen) atoms. The molecule has 2 aliphatic rings. The van der Waals surface area contributed by atoms with Crippen molar-refractivity contribution in [2.75, 3.05) is 27.2 Å². The van der Waals surface area contributed by atoms with Crippen LogP contribution in [0.15, 0.2) is 12.1 Å². The summed E-state index contributed by atoms with van der Waals surface area (Å²) >= 11 is 0. The van der Waals surface area contributed by atoms with Crippen molar-refractivity contribution in [1.82, 2.24) is 4.90 Å². The molecule has 2 aliphatic heterocycles. The van der Waals surface area contributed by atoms with Gasteiger partial charge in [-0.25, -0.2) is 0 Å². The molecule has 0 spiro atoms. The second-order valence-electron chi connectivity index (χ2n) is 7.28. The molecular weight excluding hydrogens is 380 g/mol. The van der Waals surface area contributed by atoms with Gasteiger partial charge in [-0.3, -0.25) is 9.69 Å². The number of benzene rings is 1. The third kappa shape index (κ3) is 4.75. The summed E-state index contributed by atoms with van der Waals surface area (Å²) in [5.74, 6) is -10.2. The molecule has 4 atom stereocenters. The molecule has 0 saturated carbocycles. The number of fused-ring (bicyclic) bond motifs is 3. The van der Waals surface area contributed by atoms with E-state index in [4.69, 9.17) is 39.1 Å². The molecule has 0 radical (unpaired) electrons. The largest absolute Gasteiger partial charge is 0.493 e. The maximum Gasteiger partial charge on any atom is 0.323 e. The van der Waals surface area contributed by atoms with Crippen molar-refractivity contribution < 1.29 is 42.3 Å². The summed E-state index contributed by atoms with van der Waals surface area (Å²) in [6.07, 6.45) is -9.72. The minimum Gasteiger partial charge on any atom is -0.493 e. The highest BCUT2D eigenvalue weighted by Crippen LogP contribution is 2.44. The summed E-state index contributed by atoms with van der Waals surface area (Å²) in [5, 5.41) is 0. The average Bonchev–Trinajstić information content (AvgIpc) is 2.89. The predicted octanol–water partition coefficient (Wildman–Crippen LogP) is 3.56. The number of carbonyl (C=O) groups is 1. The Morgan fingerprint density at radius 1 is 1.37 bits per heavy atom. The fourth-order valence-electron chi connectivity index (χ4n) is 3.24. The molecule has 0 bridgehead atoms. The van der Waals surface area contributed by atoms with Crippen LogP contribution in [0.25, 0.3) is 0 Å². The molecule has 0 aromatic heterocycles. The molecule has 1 aromatic carbocycles. The monoisotopic (exact) mass is 435 g/mol. The summed E-state index contributed by atoms with van der Waals surface area (Å²) in [7, 11) is 2.41. The lowest BCUT2D eigenvalue weighted by Crippen LogP contribution is -2.51. The molecule has 3 unspecified atom stereocenters. The standard InChI is InChI=1S/C24H38N2O4/c1-14(2)9-17-13-26-8-7-16-10-21(28-5)22(29-6)11-18(16)19(26)12-20(17)30-24(27)23(25)15(3)4/h10-11,14-15,17,19-20,23H,7-9,12-13,25H2,1-6H3/t17?,19?,20?,23-/m0/s1/i3D3,4D3,7D2,8D2,12D2,13D2,15D,17D,23D. The van der Waals surface area contributed by atoms with Crippen LogP contribution in [0.4, 0.5) is 0 Å². The van der Waals surface area contributed by atoms with Crippen LogP contribution in [0.2, 0.25) is 0 Å². The Hall–Kier alpha value is -1.79. The van der Waals surface area contributed by atoms with E-state index >= 15 is 0 Å². The number of hydrogen-bond acceptors (Lipinski definition) is 6. The number of aryl methyl sites for hydroxylation is 1. The fraction of sp³-hybridized carbons (Fsp3) is 0.708. The lowest BCUT2D eigenvalue weighted by molar-refractivity contribution is -0.160. The van der Waals surface area contributed by atoms with E-state index in [2.05, 4.69) is 0 Å². The molecule has 0 amide bonds. The van der Waals surface area contributed by atoms with Crippen molar-refractivity contribution in [2.24, 2.45) is 23.4 Å². The van der Waals surface area contributed by atoms with Crippen LogP contribution >= 0.6 is 0 Å². The molecule has 6 heteroatoms. The smallest absolute Gasteiger partial charge is 0.323 e. The number of hydrogen-bond donors (Lipinski definition) is 1. The van der Waals surface area contributed by atoms with Crippen molar-refractivity contribution in [3.05, 3.63) is 23.3 Å². The topological polar surface area (TPSA) is 74.0 Å². The number of piperidine rings is 1. The third-order valence-electron chi connectivity index (χ3n) is 4.65. The van der Waals surface area contributed by atoms with Gasteiger partial charge in [-0.1, -0.05) is 27.6 Å². The van der Waals surface area contributed by atoms with E-state index in [1.165, 1.54) is 28.1 Å². The van der Waals surface area contributed by atoms with E-state index in [0.29, 0.717) is 0 Å². The van der Waals surface area contributed by atoms with Gasteiger partial charge < -0.3 is 19.9 Å². The lowest BCUT2D eigenvalue weighted by Gasteiger charge is -2.47. The van der Waals surface area contributed by atoms with Crippen molar-refractivity contribution in [3.63, 3.8) is 0 Å². The summed E-state index contributed by atoms with van der Waals surface area (Å²) in [6.45, 7) is -11.7. The Labute approximate surface area is 204 Å². The lowest BCUT2D eigenvalue weighted by atomic mass is 9.79. The van der Waals surface area contributed by atoms with Gasteiger partial charge in [-0.05, 0) is 47.9 Å². The van der Waals surface area contributed by atoms with E-state index in [9.17, 15) is 8.91 Å². The highest BCUT2D eigenvalue weighted by atomic mass is 16.5. The summed E-state index contributed by atoms with van der Waals surface area (Å²) in [6, 6.07) is -4.04. The molecular formula is C24H38N2O4. The van der Waals surface area contributed by atoms with Crippen LogP contribution in [0, 0.1) is 17.7 Å². The first-order chi connectivity index (χ1) is 20.8. The molecule has 1 fully saturated rings. The summed E-state index contributed by atoms with van der Waals surface area (Å²) in [5.41, 5.74) is 4.82. The minimum atomic E-state index is -4.06. The Kier molecular flexibility index (Phi) is 2.99. The molecule has 0 aliphatic carbocycles. The highest BCUT2D eigenvalue weighted by molar-refractivity contribution is 5.76. The first kappa shape index (κ1) is 9.37. The van der Waals surface area contributed by atoms with Crippen LogP contribution in [0.5, 0.6) is 11.5 Å². The van der Waals surface area contributed by atoms with Crippen LogP contribution in [-0.4, -0.2) is 50.2 Å². The molecule has 168 valence electrons. The van der Waals surface area contributed by atoms with Crippen molar-refractivity contribution >= 4 is 5.97 Å². The van der Waals surface area contributed by atoms with E-state index in [0.717, 1.165) is 12.1 Å². The van der Waals surface area contributed by atoms with Gasteiger partial charge >= 0.3 is 5.97 Å². The zero-order valence-corrected chi connectivity index (χ0v) is 17.3. The van der Waals surface area contributed by atoms with Gasteiger partial charge in [-0.15, -0.1) is 0 Å². The SMILES string of the molecule is [2H]C1([2H])C2c3cc(OC)c(OC)cc3C([2H])([2H])C([2H])([2H])N2C([2H])([2H])C([2H])(CC(C)C)C1OC(=O)[C@@]([2H])(N)C([2H])(C([2H])([2H])[2H])C([2H])([2H])[2H]. The van der Waals surface area contributed by atoms with E-state index in [-0.39, 0.29) is 22.0 Å². The zero-order valence-electron chi connectivity index (χ0n) is 34.3. The van der Waals surface area contributed by atoms with Gasteiger partial charge in [0.15, 0.2) is 11.5 Å². The zero-order chi connectivity index (χ0) is 36.9. The number of nitrogens with two attached hydrogens (primary N) is 1. The van der Waals surface area contributed by atoms with Gasteiger partial charge in [0.05, 0.1) is 15.6 Å². The summed E-state index contributed by atoms with van der Waals surface area (Å²) < 4.78 is 160. The second-order valence-corrected chi connectivity index (χ2v) is 7.28. The van der Waals surface area contributed by atoms with Crippen molar-refractivity contribution in [2.45, 2.75) is 64.9 Å². The second kappa shape index (κ2) is 9.56. The van der Waals surface area contributed by atoms with E-state index < -0.39 is 93.3 Å². The third-order valence-corrected chi connectivity index (χ3v) is 4.65. The Bertz CT molecular complexity index is 1380. The number of nitrogens with zero attached hydrogens (tertiary/aromatic N) is 1. The van der Waals surface area contributed by atoms with Gasteiger partial charge in [0.25, 0.3) is 0 Å². The Morgan fingerprint density at radius 2 is 2.07 bits per heavy atom. The number of ether oxygens (including phenoxy) is 3. The number of methoxy groups -OCH3 is 2. The fourth-order valence-corrected chi connectivity index (χ4v) is 3.24. The Morgan fingerprint density at radius 3 is 2.70 bits per heavy atom. The molecule has 2 heterocycles. The van der Waals surface area contributed by atoms with Crippen LogP contribution in [0.1, 0.15) is 80.8 Å². The van der Waals surface area contributed by atoms with Crippen LogP contribution in [0.3, 0.4) is 0 Å². The van der Waals surface area contributed by atoms with Crippen molar-refractivity contribution in [3.8, 4) is 11.5 Å². The minimum absolute atomic E-state index is 0.0837. The van der Waals surface area contributed by atoms with Gasteiger partial charge in [0, 0.05) is 53.2 Å². The first-order valence-corrected chi connectivity index (χ1v) is 9.34. The molecule has 1 aromatic rings. The molecule has 2 N–H and O–H groups in total. The van der Waals surface area contributed by atoms with Crippen LogP contribution < -0.4 is 15.2 Å². The van der Waals surface area contributed by atoms with Crippen LogP contribution in [-0.2, 0) is 15.9 Å². The van der Waals surface area contributed by atoms with Crippen molar-refractivity contribution in [1.29, 1.82) is 0 Å². The molecule has 3 rings (SSSR count). The molecule has 1 saturated heterocycles. The number of carbonyl (C=O) groups excluding carboxylic acids is 1. The first-order valence-electron chi connectivity index (χ1n) is 17.8. The van der Waals surface area contributed by atoms with Gasteiger partial charge in [0.2, 0.25) is 0 Å². The number of esters is 1. The van der Waals surface area contributed by atoms with E-state index in [1.807, 2.05) is 0 Å². The van der Waals surface area contributed by atoms with Gasteiger partial charge in [0.1, 0.15) is 12.1 Å². The predicted molar refractivity (Wildman–Crippen MR) is 118 cm³/mol. The maximum absolute atomic E-state index is 13.7. The molecule has 6 nitrogen and oxygen atoms in total. The summed E-state index contributed by atoms with van der Waals surface area (Å²) in [4.78, 5) is 13.9. The highest BCUT2D eigenvalue weighted by Gasteiger charge is 2.41. The number of rotatable bonds is 7. The quantitative estimate of drug-likeness (QED) is 0.660. The van der Waals surface area contributed by atoms with Gasteiger partial charge in [-0.2, -0.15) is 0 Å². The average molecular weight is 436 g/mol. The normalized spacial score (nSPS) is 44.7. The van der Waals surface area contributed by atoms with E-state index in [1.54, 1.807) is 0 Å².